The fraction of sp³-hybridized carbons (Fsp3) is 0.500. The van der Waals surface area contributed by atoms with Crippen LogP contribution in [0.3, 0.4) is 0 Å². The number of aliphatic hydroxyl groups excluding tert-OH is 1. The highest BCUT2D eigenvalue weighted by Gasteiger charge is 2.80. The highest BCUT2D eigenvalue weighted by Crippen LogP contribution is 2.66. The summed E-state index contributed by atoms with van der Waals surface area (Å²) in [4.78, 5) is 49.9. The van der Waals surface area contributed by atoms with Crippen LogP contribution in [-0.4, -0.2) is 70.7 Å². The number of aliphatic hydroxyl groups is 1. The van der Waals surface area contributed by atoms with Gasteiger partial charge in [-0.1, -0.05) is 69.7 Å². The number of anilines is 2. The lowest BCUT2D eigenvalue weighted by Gasteiger charge is -2.41. The van der Waals surface area contributed by atoms with E-state index < -0.39 is 35.1 Å². The van der Waals surface area contributed by atoms with Gasteiger partial charge in [0.1, 0.15) is 11.6 Å². The molecule has 46 heavy (non-hydrogen) atoms. The number of rotatable bonds is 12. The Balaban J connectivity index is 1.70. The molecular weight excluding hydrogens is 578 g/mol. The third kappa shape index (κ3) is 5.10. The van der Waals surface area contributed by atoms with E-state index in [1.165, 1.54) is 0 Å². The molecule has 0 radical (unpaired) electrons. The summed E-state index contributed by atoms with van der Waals surface area (Å²) >= 11 is 0. The van der Waals surface area contributed by atoms with Gasteiger partial charge in [0.2, 0.25) is 11.8 Å². The second kappa shape index (κ2) is 12.8. The zero-order valence-corrected chi connectivity index (χ0v) is 28.1. The van der Waals surface area contributed by atoms with Gasteiger partial charge in [0.25, 0.3) is 5.91 Å². The molecule has 0 saturated carbocycles. The third-order valence-electron chi connectivity index (χ3n) is 11.0. The number of amides is 3. The minimum atomic E-state index is -1.25. The molecule has 8 atom stereocenters. The Hall–Kier alpha value is -3.75. The summed E-state index contributed by atoms with van der Waals surface area (Å²) in [6, 6.07) is 13.7. The van der Waals surface area contributed by atoms with Crippen molar-refractivity contribution in [3.8, 4) is 0 Å². The smallest absolute Gasteiger partial charge is 0.253 e. The Morgan fingerprint density at radius 1 is 1.09 bits per heavy atom. The molecule has 8 heteroatoms. The molecule has 5 rings (SSSR count). The molecule has 1 N–H and O–H groups in total. The fourth-order valence-electron chi connectivity index (χ4n) is 8.33. The van der Waals surface area contributed by atoms with Crippen LogP contribution in [0, 0.1) is 37.5 Å². The molecule has 3 aliphatic rings. The Bertz CT molecular complexity index is 1510. The molecule has 3 amide bonds. The molecule has 3 fully saturated rings. The van der Waals surface area contributed by atoms with E-state index in [4.69, 9.17) is 4.74 Å². The second-order valence-corrected chi connectivity index (χ2v) is 13.7. The number of ether oxygens (including phenoxy) is 1. The highest BCUT2D eigenvalue weighted by atomic mass is 16.5. The molecule has 3 heterocycles. The number of carbonyl (C=O) groups is 3. The first kappa shape index (κ1) is 33.6. The van der Waals surface area contributed by atoms with E-state index in [1.807, 2.05) is 90.1 Å². The second-order valence-electron chi connectivity index (χ2n) is 13.7. The summed E-state index contributed by atoms with van der Waals surface area (Å²) in [5, 5.41) is 10.8. The van der Waals surface area contributed by atoms with E-state index >= 15 is 4.79 Å². The molecule has 3 saturated heterocycles. The maximum atomic E-state index is 15.2. The molecule has 2 aromatic carbocycles. The topological polar surface area (TPSA) is 90.4 Å². The van der Waals surface area contributed by atoms with Crippen molar-refractivity contribution in [3.63, 3.8) is 0 Å². The van der Waals surface area contributed by atoms with Gasteiger partial charge in [-0.15, -0.1) is 13.2 Å². The largest absolute Gasteiger partial charge is 0.394 e. The predicted molar refractivity (Wildman–Crippen MR) is 181 cm³/mol. The molecule has 246 valence electrons. The fourth-order valence-corrected chi connectivity index (χ4v) is 8.33. The van der Waals surface area contributed by atoms with Crippen molar-refractivity contribution >= 4 is 29.1 Å². The van der Waals surface area contributed by atoms with E-state index in [2.05, 4.69) is 13.2 Å². The van der Waals surface area contributed by atoms with Crippen LogP contribution < -0.4 is 9.80 Å². The average Bonchev–Trinajstić information content (AvgIpc) is 3.56. The standard InChI is InChI=1S/C38H49N3O5/c1-9-19-39(28-15-13-12-14-16-28)34(43)31-32-35(44)41(30(23-42)25(5)11-3)33(38(32)22-27(7)37(31,8)46-38)36(45)40(20-10-2)29-21-24(4)17-18-26(29)6/h9-10,12-18,21,25,27,30-33,42H,1-2,11,19-20,22-23H2,3-8H3/t25-,27?,30-,31-,32-,33?,37+,38?/m0/s1. The number of hydrogen-bond donors (Lipinski definition) is 1. The van der Waals surface area contributed by atoms with Crippen LogP contribution in [0.4, 0.5) is 11.4 Å². The van der Waals surface area contributed by atoms with Crippen LogP contribution >= 0.6 is 0 Å². The monoisotopic (exact) mass is 627 g/mol. The highest BCUT2D eigenvalue weighted by molar-refractivity contribution is 6.07. The molecule has 3 aliphatic heterocycles. The van der Waals surface area contributed by atoms with Crippen molar-refractivity contribution in [2.24, 2.45) is 23.7 Å². The normalized spacial score (nSPS) is 29.3. The molecule has 1 spiro atoms. The predicted octanol–water partition coefficient (Wildman–Crippen LogP) is 5.46. The summed E-state index contributed by atoms with van der Waals surface area (Å²) in [7, 11) is 0. The van der Waals surface area contributed by atoms with Crippen molar-refractivity contribution in [2.45, 2.75) is 77.7 Å². The molecule has 0 aromatic heterocycles. The summed E-state index contributed by atoms with van der Waals surface area (Å²) in [6.45, 7) is 19.9. The van der Waals surface area contributed by atoms with E-state index in [0.717, 1.165) is 16.8 Å². The van der Waals surface area contributed by atoms with Gasteiger partial charge in [-0.25, -0.2) is 0 Å². The van der Waals surface area contributed by atoms with Gasteiger partial charge in [-0.2, -0.15) is 0 Å². The van der Waals surface area contributed by atoms with Crippen molar-refractivity contribution < 1.29 is 24.2 Å². The summed E-state index contributed by atoms with van der Waals surface area (Å²) in [5.41, 5.74) is 1.12. The maximum absolute atomic E-state index is 15.2. The number of nitrogens with zero attached hydrogens (tertiary/aromatic N) is 3. The SMILES string of the molecule is C=CCN(C(=O)[C@@H]1[C@H]2C(=O)N([C@@H](CO)[C@@H](C)CC)C(C(=O)N(CC=C)c3cc(C)ccc3C)C23CC(C)[C@@]1(C)O3)c1ccccc1. The first-order valence-electron chi connectivity index (χ1n) is 16.5. The minimum absolute atomic E-state index is 0.103. The molecule has 2 aromatic rings. The van der Waals surface area contributed by atoms with Crippen LogP contribution in [0.25, 0.3) is 0 Å². The van der Waals surface area contributed by atoms with Crippen molar-refractivity contribution in [1.29, 1.82) is 0 Å². The summed E-state index contributed by atoms with van der Waals surface area (Å²) in [6.07, 6.45) is 4.50. The van der Waals surface area contributed by atoms with Crippen LogP contribution in [0.2, 0.25) is 0 Å². The Kier molecular flexibility index (Phi) is 9.35. The molecule has 2 bridgehead atoms. The Morgan fingerprint density at radius 3 is 2.35 bits per heavy atom. The number of aryl methyl sites for hydroxylation is 2. The van der Waals surface area contributed by atoms with Crippen LogP contribution in [0.1, 0.15) is 51.7 Å². The van der Waals surface area contributed by atoms with Crippen molar-refractivity contribution in [3.05, 3.63) is 85.0 Å². The minimum Gasteiger partial charge on any atom is -0.394 e. The van der Waals surface area contributed by atoms with E-state index in [-0.39, 0.29) is 49.3 Å². The zero-order chi connectivity index (χ0) is 33.6. The number of fused-ring (bicyclic) bond motifs is 1. The third-order valence-corrected chi connectivity index (χ3v) is 11.0. The molecular formula is C38H49N3O5. The van der Waals surface area contributed by atoms with Gasteiger partial charge in [0.15, 0.2) is 0 Å². The number of carbonyl (C=O) groups excluding carboxylic acids is 3. The number of benzene rings is 2. The quantitative estimate of drug-likeness (QED) is 0.316. The van der Waals surface area contributed by atoms with Gasteiger partial charge >= 0.3 is 0 Å². The lowest BCUT2D eigenvalue weighted by molar-refractivity contribution is -0.150. The molecule has 3 unspecified atom stereocenters. The van der Waals surface area contributed by atoms with Crippen molar-refractivity contribution in [2.75, 3.05) is 29.5 Å². The average molecular weight is 628 g/mol. The summed E-state index contributed by atoms with van der Waals surface area (Å²) < 4.78 is 7.05. The number of para-hydroxylation sites is 1. The van der Waals surface area contributed by atoms with Gasteiger partial charge in [-0.05, 0) is 68.4 Å². The molecule has 8 nitrogen and oxygen atoms in total. The number of hydrogen-bond acceptors (Lipinski definition) is 5. The van der Waals surface area contributed by atoms with Gasteiger partial charge < -0.3 is 24.5 Å². The van der Waals surface area contributed by atoms with Gasteiger partial charge in [-0.3, -0.25) is 14.4 Å². The van der Waals surface area contributed by atoms with Crippen LogP contribution in [0.15, 0.2) is 73.8 Å². The summed E-state index contributed by atoms with van der Waals surface area (Å²) in [5.74, 6) is -2.78. The lowest BCUT2D eigenvalue weighted by Crippen LogP contribution is -2.60. The lowest BCUT2D eigenvalue weighted by atomic mass is 9.62. The van der Waals surface area contributed by atoms with Gasteiger partial charge in [0.05, 0.1) is 30.1 Å². The number of likely N-dealkylation sites (tertiary alicyclic amines) is 1. The van der Waals surface area contributed by atoms with E-state index in [1.54, 1.807) is 26.9 Å². The van der Waals surface area contributed by atoms with E-state index in [0.29, 0.717) is 18.5 Å². The van der Waals surface area contributed by atoms with Gasteiger partial charge in [0, 0.05) is 24.5 Å². The molecule has 0 aliphatic carbocycles. The maximum Gasteiger partial charge on any atom is 0.253 e. The Morgan fingerprint density at radius 2 is 1.74 bits per heavy atom. The van der Waals surface area contributed by atoms with Crippen molar-refractivity contribution in [1.82, 2.24) is 4.90 Å². The zero-order valence-electron chi connectivity index (χ0n) is 28.1. The van der Waals surface area contributed by atoms with E-state index in [9.17, 15) is 14.7 Å². The first-order valence-corrected chi connectivity index (χ1v) is 16.5. The first-order chi connectivity index (χ1) is 21.9. The Labute approximate surface area is 273 Å². The van der Waals surface area contributed by atoms with Crippen LogP contribution in [0.5, 0.6) is 0 Å². The van der Waals surface area contributed by atoms with Crippen LogP contribution in [-0.2, 0) is 19.1 Å².